The smallest absolute Gasteiger partial charge is 0.337 e. The monoisotopic (exact) mass is 405 g/mol. The highest BCUT2D eigenvalue weighted by Gasteiger charge is 2.21. The molecule has 9 heteroatoms. The van der Waals surface area contributed by atoms with Crippen LogP contribution in [0, 0.1) is 0 Å². The van der Waals surface area contributed by atoms with Gasteiger partial charge in [-0.05, 0) is 49.5 Å². The van der Waals surface area contributed by atoms with Crippen LogP contribution >= 0.6 is 0 Å². The first-order chi connectivity index (χ1) is 13.3. The number of nitrogens with one attached hydrogen (secondary N) is 1. The summed E-state index contributed by atoms with van der Waals surface area (Å²) in [7, 11) is -0.401. The standard InChI is InChI=1S/C19H23N3O5S/c1-21-9-11-22(12-10-21)14-3-8-18(17(13-14)19(23)24)20-28(25,26)16-6-4-15(27-2)5-7-16/h3-8,13,20H,9-12H2,1-2H3,(H,23,24). The molecular weight excluding hydrogens is 382 g/mol. The Balaban J connectivity index is 1.87. The summed E-state index contributed by atoms with van der Waals surface area (Å²) >= 11 is 0. The maximum atomic E-state index is 12.6. The van der Waals surface area contributed by atoms with Crippen LogP contribution in [0.4, 0.5) is 11.4 Å². The molecule has 1 fully saturated rings. The minimum atomic E-state index is -3.93. The van der Waals surface area contributed by atoms with Gasteiger partial charge in [0.05, 0.1) is 23.3 Å². The molecule has 0 saturated carbocycles. The van der Waals surface area contributed by atoms with E-state index < -0.39 is 16.0 Å². The van der Waals surface area contributed by atoms with Crippen molar-refractivity contribution < 1.29 is 23.1 Å². The maximum Gasteiger partial charge on any atom is 0.337 e. The van der Waals surface area contributed by atoms with Crippen molar-refractivity contribution in [2.24, 2.45) is 0 Å². The molecule has 2 aromatic carbocycles. The van der Waals surface area contributed by atoms with Gasteiger partial charge < -0.3 is 19.6 Å². The van der Waals surface area contributed by atoms with Crippen LogP contribution < -0.4 is 14.4 Å². The molecule has 28 heavy (non-hydrogen) atoms. The number of hydrogen-bond acceptors (Lipinski definition) is 6. The van der Waals surface area contributed by atoms with E-state index in [-0.39, 0.29) is 16.1 Å². The van der Waals surface area contributed by atoms with Gasteiger partial charge in [-0.2, -0.15) is 0 Å². The van der Waals surface area contributed by atoms with Gasteiger partial charge in [0.15, 0.2) is 0 Å². The van der Waals surface area contributed by atoms with Gasteiger partial charge in [0.25, 0.3) is 10.0 Å². The number of aromatic carboxylic acids is 1. The van der Waals surface area contributed by atoms with Gasteiger partial charge in [-0.25, -0.2) is 13.2 Å². The van der Waals surface area contributed by atoms with E-state index in [1.54, 1.807) is 6.07 Å². The molecule has 0 amide bonds. The summed E-state index contributed by atoms with van der Waals surface area (Å²) in [6, 6.07) is 10.6. The van der Waals surface area contributed by atoms with Crippen LogP contribution in [0.15, 0.2) is 47.4 Å². The van der Waals surface area contributed by atoms with Gasteiger partial charge in [0.1, 0.15) is 5.75 Å². The second kappa shape index (κ2) is 8.07. The van der Waals surface area contributed by atoms with E-state index in [2.05, 4.69) is 14.5 Å². The SMILES string of the molecule is COc1ccc(S(=O)(=O)Nc2ccc(N3CCN(C)CC3)cc2C(=O)O)cc1. The number of sulfonamides is 1. The Bertz CT molecular complexity index is 952. The maximum absolute atomic E-state index is 12.6. The van der Waals surface area contributed by atoms with Crippen LogP contribution in [0.3, 0.4) is 0 Å². The molecule has 8 nitrogen and oxygen atoms in total. The lowest BCUT2D eigenvalue weighted by Crippen LogP contribution is -2.44. The van der Waals surface area contributed by atoms with Gasteiger partial charge in [0.2, 0.25) is 0 Å². The number of hydrogen-bond donors (Lipinski definition) is 2. The van der Waals surface area contributed by atoms with E-state index in [9.17, 15) is 18.3 Å². The molecule has 0 atom stereocenters. The summed E-state index contributed by atoms with van der Waals surface area (Å²) in [5.41, 5.74) is 0.701. The largest absolute Gasteiger partial charge is 0.497 e. The third kappa shape index (κ3) is 4.37. The molecule has 1 saturated heterocycles. The molecule has 0 aliphatic carbocycles. The normalized spacial score (nSPS) is 15.3. The molecule has 0 unspecified atom stereocenters. The average Bonchev–Trinajstić information content (AvgIpc) is 2.68. The molecule has 1 aliphatic heterocycles. The lowest BCUT2D eigenvalue weighted by Gasteiger charge is -2.34. The summed E-state index contributed by atoms with van der Waals surface area (Å²) in [5.74, 6) is -0.662. The van der Waals surface area contributed by atoms with Crippen molar-refractivity contribution in [2.45, 2.75) is 4.90 Å². The molecular formula is C19H23N3O5S. The van der Waals surface area contributed by atoms with Crippen LogP contribution in [0.1, 0.15) is 10.4 Å². The van der Waals surface area contributed by atoms with Crippen LogP contribution in [0.5, 0.6) is 5.75 Å². The summed E-state index contributed by atoms with van der Waals surface area (Å²) in [5, 5.41) is 9.59. The number of carbonyl (C=O) groups is 1. The van der Waals surface area contributed by atoms with Crippen molar-refractivity contribution in [3.05, 3.63) is 48.0 Å². The first-order valence-electron chi connectivity index (χ1n) is 8.78. The number of likely N-dealkylation sites (N-methyl/N-ethyl adjacent to an activating group) is 1. The second-order valence-electron chi connectivity index (χ2n) is 6.61. The minimum absolute atomic E-state index is 0.0211. The van der Waals surface area contributed by atoms with Gasteiger partial charge >= 0.3 is 5.97 Å². The number of carboxylic acid groups (broad SMARTS) is 1. The lowest BCUT2D eigenvalue weighted by atomic mass is 10.1. The highest BCUT2D eigenvalue weighted by molar-refractivity contribution is 7.92. The number of ether oxygens (including phenoxy) is 1. The molecule has 1 heterocycles. The lowest BCUT2D eigenvalue weighted by molar-refractivity contribution is 0.0698. The van der Waals surface area contributed by atoms with E-state index in [1.165, 1.54) is 43.5 Å². The van der Waals surface area contributed by atoms with Crippen molar-refractivity contribution >= 4 is 27.4 Å². The number of nitrogens with zero attached hydrogens (tertiary/aromatic N) is 2. The first kappa shape index (κ1) is 20.0. The number of anilines is 2. The van der Waals surface area contributed by atoms with Gasteiger partial charge in [-0.1, -0.05) is 0 Å². The molecule has 2 N–H and O–H groups in total. The summed E-state index contributed by atoms with van der Waals surface area (Å²) in [6.45, 7) is 3.33. The Labute approximate surface area is 164 Å². The Morgan fingerprint density at radius 2 is 1.71 bits per heavy atom. The highest BCUT2D eigenvalue weighted by Crippen LogP contribution is 2.27. The van der Waals surface area contributed by atoms with E-state index in [0.717, 1.165) is 31.9 Å². The molecule has 1 aliphatic rings. The zero-order valence-corrected chi connectivity index (χ0v) is 16.6. The third-order valence-corrected chi connectivity index (χ3v) is 6.10. The molecule has 0 radical (unpaired) electrons. The van der Waals surface area contributed by atoms with Gasteiger partial charge in [-0.15, -0.1) is 0 Å². The van der Waals surface area contributed by atoms with E-state index in [1.807, 2.05) is 7.05 Å². The molecule has 0 aromatic heterocycles. The Morgan fingerprint density at radius 3 is 2.29 bits per heavy atom. The predicted octanol–water partition coefficient (Wildman–Crippen LogP) is 1.95. The molecule has 2 aromatic rings. The fraction of sp³-hybridized carbons (Fsp3) is 0.316. The van der Waals surface area contributed by atoms with Crippen LogP contribution in [0.2, 0.25) is 0 Å². The van der Waals surface area contributed by atoms with Crippen LogP contribution in [-0.2, 0) is 10.0 Å². The molecule has 3 rings (SSSR count). The number of rotatable bonds is 6. The fourth-order valence-corrected chi connectivity index (χ4v) is 4.10. The topological polar surface area (TPSA) is 99.2 Å². The first-order valence-corrected chi connectivity index (χ1v) is 10.3. The van der Waals surface area contributed by atoms with Crippen molar-refractivity contribution in [1.82, 2.24) is 4.90 Å². The fourth-order valence-electron chi connectivity index (χ4n) is 3.02. The molecule has 150 valence electrons. The number of carboxylic acids is 1. The summed E-state index contributed by atoms with van der Waals surface area (Å²) < 4.78 is 32.7. The van der Waals surface area contributed by atoms with Gasteiger partial charge in [0, 0.05) is 31.9 Å². The van der Waals surface area contributed by atoms with E-state index in [0.29, 0.717) is 5.75 Å². The predicted molar refractivity (Wildman–Crippen MR) is 107 cm³/mol. The van der Waals surface area contributed by atoms with Crippen molar-refractivity contribution in [3.8, 4) is 5.75 Å². The number of methoxy groups -OCH3 is 1. The highest BCUT2D eigenvalue weighted by atomic mass is 32.2. The van der Waals surface area contributed by atoms with Gasteiger partial charge in [-0.3, -0.25) is 4.72 Å². The second-order valence-corrected chi connectivity index (χ2v) is 8.29. The molecule has 0 spiro atoms. The number of benzene rings is 2. The Morgan fingerprint density at radius 1 is 1.07 bits per heavy atom. The Hall–Kier alpha value is -2.78. The molecule has 0 bridgehead atoms. The van der Waals surface area contributed by atoms with Crippen molar-refractivity contribution in [1.29, 1.82) is 0 Å². The average molecular weight is 405 g/mol. The van der Waals surface area contributed by atoms with Crippen molar-refractivity contribution in [2.75, 3.05) is 50.0 Å². The zero-order chi connectivity index (χ0) is 20.3. The van der Waals surface area contributed by atoms with E-state index in [4.69, 9.17) is 4.74 Å². The van der Waals surface area contributed by atoms with Crippen LogP contribution in [-0.4, -0.2) is 64.7 Å². The van der Waals surface area contributed by atoms with E-state index >= 15 is 0 Å². The van der Waals surface area contributed by atoms with Crippen molar-refractivity contribution in [3.63, 3.8) is 0 Å². The zero-order valence-electron chi connectivity index (χ0n) is 15.8. The quantitative estimate of drug-likeness (QED) is 0.758. The Kier molecular flexibility index (Phi) is 5.76. The summed E-state index contributed by atoms with van der Waals surface area (Å²) in [6.07, 6.45) is 0. The number of piperazine rings is 1. The van der Waals surface area contributed by atoms with Crippen LogP contribution in [0.25, 0.3) is 0 Å². The minimum Gasteiger partial charge on any atom is -0.497 e. The third-order valence-electron chi connectivity index (χ3n) is 4.72. The summed E-state index contributed by atoms with van der Waals surface area (Å²) in [4.78, 5) is 16.0.